The van der Waals surface area contributed by atoms with Gasteiger partial charge in [-0.3, -0.25) is 9.88 Å². The lowest BCUT2D eigenvalue weighted by Crippen LogP contribution is -2.38. The first-order chi connectivity index (χ1) is 8.99. The van der Waals surface area contributed by atoms with E-state index in [0.29, 0.717) is 4.99 Å². The zero-order valence-electron chi connectivity index (χ0n) is 11.6. The highest BCUT2D eigenvalue weighted by atomic mass is 32.1. The minimum Gasteiger partial charge on any atom is -0.392 e. The smallest absolute Gasteiger partial charge is 0.0899 e. The van der Waals surface area contributed by atoms with Crippen LogP contribution in [0.2, 0.25) is 0 Å². The molecule has 0 bridgehead atoms. The first-order valence-electron chi connectivity index (χ1n) is 6.34. The Morgan fingerprint density at radius 2 is 2.11 bits per heavy atom. The van der Waals surface area contributed by atoms with Crippen molar-refractivity contribution in [3.05, 3.63) is 41.6 Å². The third-order valence-corrected chi connectivity index (χ3v) is 3.76. The molecule has 1 unspecified atom stereocenters. The van der Waals surface area contributed by atoms with Crippen molar-refractivity contribution >= 4 is 28.1 Å². The number of aromatic nitrogens is 1. The summed E-state index contributed by atoms with van der Waals surface area (Å²) in [6.07, 6.45) is 0. The molecule has 0 amide bonds. The van der Waals surface area contributed by atoms with Gasteiger partial charge in [0, 0.05) is 17.6 Å². The maximum absolute atomic E-state index is 5.71. The monoisotopic (exact) mass is 273 g/mol. The molecule has 1 atom stereocenters. The Kier molecular flexibility index (Phi) is 4.12. The first-order valence-corrected chi connectivity index (χ1v) is 6.74. The Balaban J connectivity index is 2.37. The molecule has 4 heteroatoms. The van der Waals surface area contributed by atoms with Crippen molar-refractivity contribution in [3.8, 4) is 0 Å². The summed E-state index contributed by atoms with van der Waals surface area (Å²) in [6.45, 7) is 4.86. The third-order valence-electron chi connectivity index (χ3n) is 3.42. The molecular weight excluding hydrogens is 254 g/mol. The fourth-order valence-corrected chi connectivity index (χ4v) is 2.33. The highest BCUT2D eigenvalue weighted by molar-refractivity contribution is 7.80. The van der Waals surface area contributed by atoms with Crippen LogP contribution >= 0.6 is 12.2 Å². The van der Waals surface area contributed by atoms with Crippen LogP contribution in [-0.2, 0) is 6.54 Å². The second-order valence-corrected chi connectivity index (χ2v) is 5.40. The van der Waals surface area contributed by atoms with Crippen LogP contribution in [0, 0.1) is 6.92 Å². The van der Waals surface area contributed by atoms with Gasteiger partial charge in [-0.2, -0.15) is 0 Å². The Morgan fingerprint density at radius 3 is 2.79 bits per heavy atom. The van der Waals surface area contributed by atoms with Crippen LogP contribution in [0.25, 0.3) is 10.9 Å². The summed E-state index contributed by atoms with van der Waals surface area (Å²) in [5.74, 6) is 0. The number of rotatable bonds is 4. The van der Waals surface area contributed by atoms with Gasteiger partial charge in [0.15, 0.2) is 0 Å². The fourth-order valence-electron chi connectivity index (χ4n) is 2.15. The molecule has 0 aliphatic rings. The summed E-state index contributed by atoms with van der Waals surface area (Å²) in [4.78, 5) is 7.24. The molecule has 0 aliphatic heterocycles. The standard InChI is InChI=1S/C15H19N3S/c1-10-8-12(9-18(3)11(2)15(16)19)13-6-4-5-7-14(13)17-10/h4-8,11H,9H2,1-3H3,(H2,16,19). The summed E-state index contributed by atoms with van der Waals surface area (Å²) < 4.78 is 0. The van der Waals surface area contributed by atoms with Gasteiger partial charge in [0.1, 0.15) is 0 Å². The summed E-state index contributed by atoms with van der Waals surface area (Å²) in [5.41, 5.74) is 9.04. The molecule has 0 spiro atoms. The molecule has 1 aromatic carbocycles. The maximum atomic E-state index is 5.71. The van der Waals surface area contributed by atoms with E-state index in [1.165, 1.54) is 10.9 Å². The van der Waals surface area contributed by atoms with Gasteiger partial charge in [0.25, 0.3) is 0 Å². The second kappa shape index (κ2) is 5.63. The zero-order valence-corrected chi connectivity index (χ0v) is 12.4. The van der Waals surface area contributed by atoms with Crippen molar-refractivity contribution in [3.63, 3.8) is 0 Å². The molecule has 1 heterocycles. The number of aryl methyl sites for hydroxylation is 1. The van der Waals surface area contributed by atoms with Crippen LogP contribution in [0.4, 0.5) is 0 Å². The number of nitrogens with two attached hydrogens (primary N) is 1. The number of likely N-dealkylation sites (N-methyl/N-ethyl adjacent to an activating group) is 1. The Labute approximate surface area is 119 Å². The van der Waals surface area contributed by atoms with Crippen molar-refractivity contribution < 1.29 is 0 Å². The quantitative estimate of drug-likeness (QED) is 0.870. The van der Waals surface area contributed by atoms with Crippen LogP contribution in [0.5, 0.6) is 0 Å². The number of para-hydroxylation sites is 1. The lowest BCUT2D eigenvalue weighted by molar-refractivity contribution is 0.305. The third kappa shape index (κ3) is 3.08. The van der Waals surface area contributed by atoms with E-state index in [0.717, 1.165) is 17.8 Å². The van der Waals surface area contributed by atoms with Gasteiger partial charge in [0.05, 0.1) is 16.5 Å². The van der Waals surface area contributed by atoms with Gasteiger partial charge < -0.3 is 5.73 Å². The van der Waals surface area contributed by atoms with Gasteiger partial charge in [-0.15, -0.1) is 0 Å². The number of fused-ring (bicyclic) bond motifs is 1. The van der Waals surface area contributed by atoms with Crippen molar-refractivity contribution in [1.82, 2.24) is 9.88 Å². The van der Waals surface area contributed by atoms with Gasteiger partial charge >= 0.3 is 0 Å². The minimum absolute atomic E-state index is 0.0854. The van der Waals surface area contributed by atoms with Crippen LogP contribution in [0.1, 0.15) is 18.2 Å². The predicted molar refractivity (Wildman–Crippen MR) is 84.2 cm³/mol. The van der Waals surface area contributed by atoms with E-state index in [4.69, 9.17) is 18.0 Å². The van der Waals surface area contributed by atoms with Crippen LogP contribution in [0.3, 0.4) is 0 Å². The number of nitrogens with zero attached hydrogens (tertiary/aromatic N) is 2. The average molecular weight is 273 g/mol. The van der Waals surface area contributed by atoms with Gasteiger partial charge in [0.2, 0.25) is 0 Å². The number of benzene rings is 1. The van der Waals surface area contributed by atoms with Crippen molar-refractivity contribution in [2.24, 2.45) is 5.73 Å². The molecule has 3 nitrogen and oxygen atoms in total. The maximum Gasteiger partial charge on any atom is 0.0899 e. The van der Waals surface area contributed by atoms with E-state index < -0.39 is 0 Å². The topological polar surface area (TPSA) is 42.1 Å². The fraction of sp³-hybridized carbons (Fsp3) is 0.333. The van der Waals surface area contributed by atoms with Gasteiger partial charge in [-0.05, 0) is 38.6 Å². The molecule has 0 radical (unpaired) electrons. The van der Waals surface area contributed by atoms with E-state index in [-0.39, 0.29) is 6.04 Å². The zero-order chi connectivity index (χ0) is 14.0. The molecule has 0 saturated carbocycles. The summed E-state index contributed by atoms with van der Waals surface area (Å²) >= 11 is 5.06. The molecule has 0 saturated heterocycles. The molecule has 2 aromatic rings. The van der Waals surface area contributed by atoms with Crippen LogP contribution in [-0.4, -0.2) is 28.0 Å². The van der Waals surface area contributed by atoms with E-state index >= 15 is 0 Å². The molecule has 0 fully saturated rings. The highest BCUT2D eigenvalue weighted by Crippen LogP contribution is 2.20. The molecule has 2 N–H and O–H groups in total. The van der Waals surface area contributed by atoms with Crippen molar-refractivity contribution in [1.29, 1.82) is 0 Å². The normalized spacial score (nSPS) is 12.8. The summed E-state index contributed by atoms with van der Waals surface area (Å²) in [5, 5.41) is 1.19. The number of hydrogen-bond donors (Lipinski definition) is 1. The van der Waals surface area contributed by atoms with Gasteiger partial charge in [-0.25, -0.2) is 0 Å². The molecule has 100 valence electrons. The second-order valence-electron chi connectivity index (χ2n) is 4.93. The van der Waals surface area contributed by atoms with Crippen LogP contribution < -0.4 is 5.73 Å². The lowest BCUT2D eigenvalue weighted by Gasteiger charge is -2.24. The van der Waals surface area contributed by atoms with Crippen LogP contribution in [0.15, 0.2) is 30.3 Å². The molecule has 0 aliphatic carbocycles. The Hall–Kier alpha value is -1.52. The molecule has 1 aromatic heterocycles. The van der Waals surface area contributed by atoms with E-state index in [2.05, 4.69) is 22.0 Å². The van der Waals surface area contributed by atoms with E-state index in [9.17, 15) is 0 Å². The molecule has 2 rings (SSSR count). The average Bonchev–Trinajstić information content (AvgIpc) is 2.37. The molecule has 19 heavy (non-hydrogen) atoms. The van der Waals surface area contributed by atoms with E-state index in [1.54, 1.807) is 0 Å². The Morgan fingerprint density at radius 1 is 1.42 bits per heavy atom. The SMILES string of the molecule is Cc1cc(CN(C)C(C)C(N)=S)c2ccccc2n1. The number of pyridine rings is 1. The lowest BCUT2D eigenvalue weighted by atomic mass is 10.1. The predicted octanol–water partition coefficient (Wildman–Crippen LogP) is 2.65. The minimum atomic E-state index is 0.0854. The summed E-state index contributed by atoms with van der Waals surface area (Å²) in [6, 6.07) is 10.4. The first kappa shape index (κ1) is 13.9. The molecular formula is C15H19N3S. The Bertz CT molecular complexity index is 609. The van der Waals surface area contributed by atoms with Gasteiger partial charge in [-0.1, -0.05) is 30.4 Å². The summed E-state index contributed by atoms with van der Waals surface area (Å²) in [7, 11) is 2.04. The van der Waals surface area contributed by atoms with Crippen molar-refractivity contribution in [2.75, 3.05) is 7.05 Å². The largest absolute Gasteiger partial charge is 0.392 e. The highest BCUT2D eigenvalue weighted by Gasteiger charge is 2.13. The van der Waals surface area contributed by atoms with Crippen molar-refractivity contribution in [2.45, 2.75) is 26.4 Å². The van der Waals surface area contributed by atoms with E-state index in [1.807, 2.05) is 39.1 Å². The number of hydrogen-bond acceptors (Lipinski definition) is 3. The number of thiocarbonyl (C=S) groups is 1.